The van der Waals surface area contributed by atoms with Gasteiger partial charge in [-0.3, -0.25) is 5.10 Å². The second-order valence-electron chi connectivity index (χ2n) is 5.08. The molecule has 0 saturated carbocycles. The number of rotatable bonds is 3. The molecule has 118 valence electrons. The highest BCUT2D eigenvalue weighted by Crippen LogP contribution is 2.31. The molecule has 0 atom stereocenters. The fourth-order valence-corrected chi connectivity index (χ4v) is 2.46. The van der Waals surface area contributed by atoms with Crippen LogP contribution in [0.2, 0.25) is 5.02 Å². The van der Waals surface area contributed by atoms with Crippen LogP contribution in [-0.4, -0.2) is 20.4 Å². The van der Waals surface area contributed by atoms with Crippen molar-refractivity contribution in [3.63, 3.8) is 0 Å². The molecule has 0 bridgehead atoms. The second kappa shape index (κ2) is 5.90. The Morgan fingerprint density at radius 3 is 2.29 bits per heavy atom. The van der Waals surface area contributed by atoms with Crippen LogP contribution >= 0.6 is 11.6 Å². The van der Waals surface area contributed by atoms with Gasteiger partial charge in [0.2, 0.25) is 5.89 Å². The standard InChI is InChI=1S/C17H10ClFN4O/c18-12-5-1-10(2-6-12)14-9-20-21-15(14)17-23-22-16(24-17)11-3-7-13(19)8-4-11/h1-9H,(H,20,21). The smallest absolute Gasteiger partial charge is 0.266 e. The number of hydrogen-bond acceptors (Lipinski definition) is 4. The summed E-state index contributed by atoms with van der Waals surface area (Å²) in [5, 5.41) is 15.6. The van der Waals surface area contributed by atoms with E-state index in [0.29, 0.717) is 28.1 Å². The molecule has 4 rings (SSSR count). The van der Waals surface area contributed by atoms with Gasteiger partial charge in [0.25, 0.3) is 5.89 Å². The van der Waals surface area contributed by atoms with E-state index in [1.165, 1.54) is 12.1 Å². The van der Waals surface area contributed by atoms with E-state index in [1.54, 1.807) is 30.5 Å². The molecule has 0 amide bonds. The Labute approximate surface area is 141 Å². The number of nitrogens with zero attached hydrogens (tertiary/aromatic N) is 3. The summed E-state index contributed by atoms with van der Waals surface area (Å²) in [6, 6.07) is 13.2. The molecule has 5 nitrogen and oxygen atoms in total. The van der Waals surface area contributed by atoms with Crippen molar-refractivity contribution in [3.05, 3.63) is 65.6 Å². The molecule has 2 aromatic heterocycles. The quantitative estimate of drug-likeness (QED) is 0.592. The highest BCUT2D eigenvalue weighted by atomic mass is 35.5. The summed E-state index contributed by atoms with van der Waals surface area (Å²) in [5.74, 6) is 0.288. The van der Waals surface area contributed by atoms with Crippen molar-refractivity contribution in [2.45, 2.75) is 0 Å². The maximum absolute atomic E-state index is 13.0. The summed E-state index contributed by atoms with van der Waals surface area (Å²) in [6.07, 6.45) is 1.68. The van der Waals surface area contributed by atoms with E-state index in [0.717, 1.165) is 11.1 Å². The van der Waals surface area contributed by atoms with Crippen LogP contribution in [0.15, 0.2) is 59.1 Å². The van der Waals surface area contributed by atoms with Gasteiger partial charge in [-0.2, -0.15) is 5.10 Å². The highest BCUT2D eigenvalue weighted by molar-refractivity contribution is 6.30. The first-order chi connectivity index (χ1) is 11.7. The minimum Gasteiger partial charge on any atom is -0.415 e. The van der Waals surface area contributed by atoms with Crippen molar-refractivity contribution in [2.24, 2.45) is 0 Å². The molecule has 0 fully saturated rings. The van der Waals surface area contributed by atoms with Crippen LogP contribution in [0.25, 0.3) is 34.2 Å². The number of hydrogen-bond donors (Lipinski definition) is 1. The largest absolute Gasteiger partial charge is 0.415 e. The van der Waals surface area contributed by atoms with Crippen LogP contribution in [0, 0.1) is 5.82 Å². The first kappa shape index (κ1) is 14.6. The number of benzene rings is 2. The zero-order valence-corrected chi connectivity index (χ0v) is 13.0. The van der Waals surface area contributed by atoms with Crippen molar-refractivity contribution in [1.82, 2.24) is 20.4 Å². The lowest BCUT2D eigenvalue weighted by Crippen LogP contribution is -1.83. The Hall–Kier alpha value is -2.99. The van der Waals surface area contributed by atoms with E-state index < -0.39 is 0 Å². The molecule has 0 aliphatic rings. The molecular formula is C17H10ClFN4O. The van der Waals surface area contributed by atoms with Gasteiger partial charge < -0.3 is 4.42 Å². The van der Waals surface area contributed by atoms with E-state index in [4.69, 9.17) is 16.0 Å². The number of H-pyrrole nitrogens is 1. The van der Waals surface area contributed by atoms with Gasteiger partial charge in [0.05, 0.1) is 6.20 Å². The van der Waals surface area contributed by atoms with E-state index >= 15 is 0 Å². The minimum absolute atomic E-state index is 0.303. The second-order valence-corrected chi connectivity index (χ2v) is 5.52. The van der Waals surface area contributed by atoms with Crippen molar-refractivity contribution in [2.75, 3.05) is 0 Å². The summed E-state index contributed by atoms with van der Waals surface area (Å²) in [4.78, 5) is 0. The molecule has 0 aliphatic heterocycles. The summed E-state index contributed by atoms with van der Waals surface area (Å²) >= 11 is 5.92. The Kier molecular flexibility index (Phi) is 3.59. The zero-order chi connectivity index (χ0) is 16.5. The predicted octanol–water partition coefficient (Wildman–Crippen LogP) is 4.59. The maximum atomic E-state index is 13.0. The Balaban J connectivity index is 1.72. The van der Waals surface area contributed by atoms with Crippen molar-refractivity contribution >= 4 is 11.6 Å². The number of nitrogens with one attached hydrogen (secondary N) is 1. The third kappa shape index (κ3) is 2.68. The van der Waals surface area contributed by atoms with Crippen molar-refractivity contribution < 1.29 is 8.81 Å². The molecule has 2 heterocycles. The van der Waals surface area contributed by atoms with Crippen molar-refractivity contribution in [1.29, 1.82) is 0 Å². The van der Waals surface area contributed by atoms with Gasteiger partial charge in [-0.15, -0.1) is 10.2 Å². The Bertz CT molecular complexity index is 977. The van der Waals surface area contributed by atoms with Crippen molar-refractivity contribution in [3.8, 4) is 34.2 Å². The third-order valence-electron chi connectivity index (χ3n) is 3.52. The molecule has 0 saturated heterocycles. The molecule has 0 radical (unpaired) electrons. The summed E-state index contributed by atoms with van der Waals surface area (Å²) in [7, 11) is 0. The van der Waals surface area contributed by atoms with Gasteiger partial charge in [-0.25, -0.2) is 4.39 Å². The SMILES string of the molecule is Fc1ccc(-c2nnc(-c3[nH]ncc3-c3ccc(Cl)cc3)o2)cc1. The molecule has 24 heavy (non-hydrogen) atoms. The lowest BCUT2D eigenvalue weighted by molar-refractivity contribution is 0.581. The molecular weight excluding hydrogens is 331 g/mol. The summed E-state index contributed by atoms with van der Waals surface area (Å²) in [6.45, 7) is 0. The summed E-state index contributed by atoms with van der Waals surface area (Å²) < 4.78 is 18.7. The molecule has 7 heteroatoms. The topological polar surface area (TPSA) is 67.6 Å². The predicted molar refractivity (Wildman–Crippen MR) is 87.7 cm³/mol. The zero-order valence-electron chi connectivity index (χ0n) is 12.2. The fourth-order valence-electron chi connectivity index (χ4n) is 2.33. The van der Waals surface area contributed by atoms with E-state index in [-0.39, 0.29) is 5.82 Å². The van der Waals surface area contributed by atoms with E-state index in [2.05, 4.69) is 20.4 Å². The first-order valence-electron chi connectivity index (χ1n) is 7.10. The van der Waals surface area contributed by atoms with Crippen LogP contribution in [-0.2, 0) is 0 Å². The van der Waals surface area contributed by atoms with Crippen LogP contribution in [0.3, 0.4) is 0 Å². The molecule has 0 spiro atoms. The number of halogens is 2. The number of aromatic nitrogens is 4. The van der Waals surface area contributed by atoms with Gasteiger partial charge >= 0.3 is 0 Å². The lowest BCUT2D eigenvalue weighted by Gasteiger charge is -2.00. The average Bonchev–Trinajstić information content (AvgIpc) is 3.25. The van der Waals surface area contributed by atoms with Gasteiger partial charge in [0.15, 0.2) is 0 Å². The molecule has 0 unspecified atom stereocenters. The lowest BCUT2D eigenvalue weighted by atomic mass is 10.1. The Morgan fingerprint density at radius 1 is 0.875 bits per heavy atom. The minimum atomic E-state index is -0.322. The van der Waals surface area contributed by atoms with Crippen LogP contribution in [0.4, 0.5) is 4.39 Å². The van der Waals surface area contributed by atoms with Gasteiger partial charge in [-0.1, -0.05) is 23.7 Å². The van der Waals surface area contributed by atoms with E-state index in [9.17, 15) is 4.39 Å². The maximum Gasteiger partial charge on any atom is 0.266 e. The van der Waals surface area contributed by atoms with Gasteiger partial charge in [-0.05, 0) is 42.0 Å². The van der Waals surface area contributed by atoms with Crippen LogP contribution in [0.1, 0.15) is 0 Å². The Morgan fingerprint density at radius 2 is 1.54 bits per heavy atom. The monoisotopic (exact) mass is 340 g/mol. The average molecular weight is 341 g/mol. The fraction of sp³-hybridized carbons (Fsp3) is 0. The molecule has 0 aliphatic carbocycles. The number of aromatic amines is 1. The molecule has 4 aromatic rings. The molecule has 1 N–H and O–H groups in total. The molecule has 2 aromatic carbocycles. The van der Waals surface area contributed by atoms with E-state index in [1.807, 2.05) is 12.1 Å². The normalized spacial score (nSPS) is 10.9. The third-order valence-corrected chi connectivity index (χ3v) is 3.78. The van der Waals surface area contributed by atoms with Crippen LogP contribution < -0.4 is 0 Å². The van der Waals surface area contributed by atoms with Gasteiger partial charge in [0, 0.05) is 16.1 Å². The first-order valence-corrected chi connectivity index (χ1v) is 7.47. The van der Waals surface area contributed by atoms with Crippen LogP contribution in [0.5, 0.6) is 0 Å². The highest BCUT2D eigenvalue weighted by Gasteiger charge is 2.17. The van der Waals surface area contributed by atoms with Gasteiger partial charge in [0.1, 0.15) is 11.5 Å². The summed E-state index contributed by atoms with van der Waals surface area (Å²) in [5.41, 5.74) is 2.99.